The van der Waals surface area contributed by atoms with E-state index in [-0.39, 0.29) is 31.1 Å². The summed E-state index contributed by atoms with van der Waals surface area (Å²) in [5.74, 6) is -0.0199. The molecule has 6 heteroatoms. The summed E-state index contributed by atoms with van der Waals surface area (Å²) in [6.45, 7) is 8.96. The third kappa shape index (κ3) is 45.5. The van der Waals surface area contributed by atoms with Gasteiger partial charge < -0.3 is 14.2 Å². The van der Waals surface area contributed by atoms with Crippen LogP contribution in [-0.4, -0.2) is 37.2 Å². The molecule has 0 unspecified atom stereocenters. The fourth-order valence-corrected chi connectivity index (χ4v) is 7.86. The Balaban J connectivity index is 4.09. The molecule has 0 aromatic carbocycles. The van der Waals surface area contributed by atoms with E-state index in [1.54, 1.807) is 0 Å². The molecule has 0 rings (SSSR count). The van der Waals surface area contributed by atoms with Crippen molar-refractivity contribution in [3.8, 4) is 0 Å². The molecular weight excluding hydrogens is 721 g/mol. The number of carbonyl (C=O) groups is 3. The lowest BCUT2D eigenvalue weighted by Crippen LogP contribution is -2.30. The van der Waals surface area contributed by atoms with Crippen molar-refractivity contribution in [2.75, 3.05) is 13.2 Å². The van der Waals surface area contributed by atoms with Crippen molar-refractivity contribution in [2.24, 2.45) is 5.92 Å². The topological polar surface area (TPSA) is 78.9 Å². The van der Waals surface area contributed by atoms with Gasteiger partial charge in [-0.15, -0.1) is 0 Å². The van der Waals surface area contributed by atoms with Crippen LogP contribution < -0.4 is 0 Å². The number of hydrogen-bond acceptors (Lipinski definition) is 6. The van der Waals surface area contributed by atoms with E-state index in [1.165, 1.54) is 180 Å². The summed E-state index contributed by atoms with van der Waals surface area (Å²) >= 11 is 0. The van der Waals surface area contributed by atoms with Crippen LogP contribution in [0.4, 0.5) is 0 Å². The minimum Gasteiger partial charge on any atom is -0.462 e. The first-order chi connectivity index (χ1) is 28.4. The van der Waals surface area contributed by atoms with Gasteiger partial charge in [-0.3, -0.25) is 14.4 Å². The van der Waals surface area contributed by atoms with Crippen LogP contribution in [0.15, 0.2) is 0 Å². The lowest BCUT2D eigenvalue weighted by molar-refractivity contribution is -0.167. The van der Waals surface area contributed by atoms with Crippen molar-refractivity contribution in [2.45, 2.75) is 297 Å². The average Bonchev–Trinajstić information content (AvgIpc) is 3.21. The van der Waals surface area contributed by atoms with Crippen molar-refractivity contribution >= 4 is 17.9 Å². The van der Waals surface area contributed by atoms with Gasteiger partial charge in [-0.2, -0.15) is 0 Å². The summed E-state index contributed by atoms with van der Waals surface area (Å²) in [6, 6.07) is 0. The molecule has 6 nitrogen and oxygen atoms in total. The summed E-state index contributed by atoms with van der Waals surface area (Å²) in [5.41, 5.74) is 0. The zero-order valence-electron chi connectivity index (χ0n) is 39.5. The largest absolute Gasteiger partial charge is 0.462 e. The number of hydrogen-bond donors (Lipinski definition) is 0. The predicted octanol–water partition coefficient (Wildman–Crippen LogP) is 16.7. The molecule has 1 atom stereocenters. The van der Waals surface area contributed by atoms with Crippen LogP contribution in [0.2, 0.25) is 0 Å². The second-order valence-electron chi connectivity index (χ2n) is 18.3. The summed E-state index contributed by atoms with van der Waals surface area (Å²) in [5, 5.41) is 0. The normalized spacial score (nSPS) is 11.9. The van der Waals surface area contributed by atoms with Crippen LogP contribution in [0.25, 0.3) is 0 Å². The lowest BCUT2D eigenvalue weighted by Gasteiger charge is -2.18. The molecule has 58 heavy (non-hydrogen) atoms. The van der Waals surface area contributed by atoms with E-state index in [1.807, 2.05) is 0 Å². The Morgan fingerprint density at radius 3 is 0.845 bits per heavy atom. The predicted molar refractivity (Wildman–Crippen MR) is 247 cm³/mol. The summed E-state index contributed by atoms with van der Waals surface area (Å²) < 4.78 is 16.7. The highest BCUT2D eigenvalue weighted by atomic mass is 16.6. The number of carbonyl (C=O) groups excluding carboxylic acids is 3. The maximum atomic E-state index is 12.7. The molecule has 0 aromatic rings. The SMILES string of the molecule is CCCCCCCCCCCCCCCCCCCCCC(=O)O[C@H](COC(=O)CCCCCCC)COC(=O)CCCCCCCCCCCCCCCC(C)C. The molecule has 0 aliphatic rings. The number of rotatable bonds is 47. The van der Waals surface area contributed by atoms with Crippen LogP contribution in [0.3, 0.4) is 0 Å². The van der Waals surface area contributed by atoms with Crippen LogP contribution in [-0.2, 0) is 28.6 Å². The molecule has 0 saturated carbocycles. The van der Waals surface area contributed by atoms with Gasteiger partial charge in [-0.05, 0) is 25.2 Å². The van der Waals surface area contributed by atoms with Crippen molar-refractivity contribution < 1.29 is 28.6 Å². The van der Waals surface area contributed by atoms with Crippen LogP contribution in [0.1, 0.15) is 291 Å². The Morgan fingerprint density at radius 2 is 0.569 bits per heavy atom. The smallest absolute Gasteiger partial charge is 0.306 e. The average molecular weight is 821 g/mol. The van der Waals surface area contributed by atoms with Gasteiger partial charge in [-0.1, -0.05) is 252 Å². The number of esters is 3. The van der Waals surface area contributed by atoms with Crippen molar-refractivity contribution in [3.05, 3.63) is 0 Å². The zero-order chi connectivity index (χ0) is 42.4. The molecule has 0 saturated heterocycles. The van der Waals surface area contributed by atoms with Gasteiger partial charge in [0, 0.05) is 19.3 Å². The number of ether oxygens (including phenoxy) is 3. The molecule has 0 aromatic heterocycles. The van der Waals surface area contributed by atoms with Crippen molar-refractivity contribution in [1.82, 2.24) is 0 Å². The Labute approximate surface area is 361 Å². The van der Waals surface area contributed by atoms with Crippen LogP contribution in [0, 0.1) is 5.92 Å². The maximum Gasteiger partial charge on any atom is 0.306 e. The first kappa shape index (κ1) is 56.4. The molecule has 0 amide bonds. The summed E-state index contributed by atoms with van der Waals surface area (Å²) in [6.07, 6.45) is 48.4. The molecule has 0 fully saturated rings. The third-order valence-corrected chi connectivity index (χ3v) is 11.8. The van der Waals surface area contributed by atoms with Crippen molar-refractivity contribution in [1.29, 1.82) is 0 Å². The molecule has 0 bridgehead atoms. The van der Waals surface area contributed by atoms with E-state index in [0.717, 1.165) is 70.1 Å². The van der Waals surface area contributed by atoms with E-state index >= 15 is 0 Å². The van der Waals surface area contributed by atoms with Gasteiger partial charge in [0.1, 0.15) is 13.2 Å². The molecule has 0 radical (unpaired) electrons. The Kier molecular flexibility index (Phi) is 45.2. The lowest BCUT2D eigenvalue weighted by atomic mass is 10.0. The molecule has 0 spiro atoms. The highest BCUT2D eigenvalue weighted by Crippen LogP contribution is 2.17. The molecule has 0 heterocycles. The van der Waals surface area contributed by atoms with Gasteiger partial charge in [0.25, 0.3) is 0 Å². The van der Waals surface area contributed by atoms with Crippen LogP contribution in [0.5, 0.6) is 0 Å². The number of unbranched alkanes of at least 4 members (excludes halogenated alkanes) is 34. The van der Waals surface area contributed by atoms with E-state index in [4.69, 9.17) is 14.2 Å². The first-order valence-electron chi connectivity index (χ1n) is 25.9. The standard InChI is InChI=1S/C52H100O6/c1-5-7-9-11-12-13-14-15-16-17-18-19-20-23-27-30-33-37-41-45-52(55)58-49(46-56-50(53)43-39-34-10-8-6-2)47-57-51(54)44-40-36-32-29-26-24-21-22-25-28-31-35-38-42-48(3)4/h48-49H,5-47H2,1-4H3/t49-/m1/s1. The summed E-state index contributed by atoms with van der Waals surface area (Å²) in [4.78, 5) is 37.6. The fourth-order valence-electron chi connectivity index (χ4n) is 7.86. The van der Waals surface area contributed by atoms with Gasteiger partial charge in [0.2, 0.25) is 0 Å². The minimum atomic E-state index is -0.759. The summed E-state index contributed by atoms with van der Waals surface area (Å²) in [7, 11) is 0. The van der Waals surface area contributed by atoms with E-state index in [9.17, 15) is 14.4 Å². The molecule has 0 aliphatic carbocycles. The van der Waals surface area contributed by atoms with Gasteiger partial charge >= 0.3 is 17.9 Å². The monoisotopic (exact) mass is 821 g/mol. The van der Waals surface area contributed by atoms with Gasteiger partial charge in [0.05, 0.1) is 0 Å². The maximum absolute atomic E-state index is 12.7. The Hall–Kier alpha value is -1.59. The van der Waals surface area contributed by atoms with E-state index in [2.05, 4.69) is 27.7 Å². The quantitative estimate of drug-likeness (QED) is 0.0346. The zero-order valence-corrected chi connectivity index (χ0v) is 39.5. The molecular formula is C52H100O6. The molecule has 0 aliphatic heterocycles. The van der Waals surface area contributed by atoms with E-state index < -0.39 is 6.10 Å². The Bertz CT molecular complexity index is 872. The second kappa shape index (κ2) is 46.5. The van der Waals surface area contributed by atoms with E-state index in [0.29, 0.717) is 19.3 Å². The second-order valence-corrected chi connectivity index (χ2v) is 18.3. The fraction of sp³-hybridized carbons (Fsp3) is 0.942. The first-order valence-corrected chi connectivity index (χ1v) is 25.9. The molecule has 0 N–H and O–H groups in total. The minimum absolute atomic E-state index is 0.0640. The van der Waals surface area contributed by atoms with Gasteiger partial charge in [0.15, 0.2) is 6.10 Å². The van der Waals surface area contributed by atoms with Gasteiger partial charge in [-0.25, -0.2) is 0 Å². The van der Waals surface area contributed by atoms with Crippen LogP contribution >= 0.6 is 0 Å². The highest BCUT2D eigenvalue weighted by molar-refractivity contribution is 5.71. The third-order valence-electron chi connectivity index (χ3n) is 11.8. The Morgan fingerprint density at radius 1 is 0.328 bits per heavy atom. The molecule has 344 valence electrons. The highest BCUT2D eigenvalue weighted by Gasteiger charge is 2.19. The van der Waals surface area contributed by atoms with Crippen molar-refractivity contribution in [3.63, 3.8) is 0 Å².